The van der Waals surface area contributed by atoms with Crippen molar-refractivity contribution in [1.82, 2.24) is 14.9 Å². The number of benzene rings is 3. The Morgan fingerprint density at radius 2 is 1.78 bits per heavy atom. The number of fused-ring (bicyclic) bond motifs is 3. The van der Waals surface area contributed by atoms with Crippen LogP contribution in [0.5, 0.6) is 11.8 Å². The van der Waals surface area contributed by atoms with Gasteiger partial charge < -0.3 is 19.5 Å². The predicted molar refractivity (Wildman–Crippen MR) is 162 cm³/mol. The first kappa shape index (κ1) is 28.8. The van der Waals surface area contributed by atoms with Gasteiger partial charge in [-0.1, -0.05) is 12.1 Å². The number of halogens is 4. The minimum Gasteiger partial charge on any atom is -0.508 e. The second-order valence-electron chi connectivity index (χ2n) is 13.1. The molecule has 2 atom stereocenters. The van der Waals surface area contributed by atoms with Crippen LogP contribution in [0.2, 0.25) is 0 Å². The highest BCUT2D eigenvalue weighted by Gasteiger charge is 2.49. The molecule has 5 heterocycles. The van der Waals surface area contributed by atoms with E-state index in [-0.39, 0.29) is 51.4 Å². The van der Waals surface area contributed by atoms with E-state index in [1.165, 1.54) is 24.3 Å². The van der Waals surface area contributed by atoms with E-state index < -0.39 is 29.2 Å². The van der Waals surface area contributed by atoms with Gasteiger partial charge >= 0.3 is 6.01 Å². The first-order valence-corrected chi connectivity index (χ1v) is 15.8. The van der Waals surface area contributed by atoms with Gasteiger partial charge in [-0.25, -0.2) is 17.6 Å². The Balaban J connectivity index is 1.23. The normalized spacial score (nSPS) is 24.7. The molecule has 4 aromatic rings. The number of alkyl halides is 1. The fourth-order valence-electron chi connectivity index (χ4n) is 8.16. The van der Waals surface area contributed by atoms with E-state index in [9.17, 15) is 13.9 Å². The van der Waals surface area contributed by atoms with Crippen molar-refractivity contribution in [3.05, 3.63) is 53.8 Å². The van der Waals surface area contributed by atoms with Gasteiger partial charge in [0.15, 0.2) is 17.5 Å². The van der Waals surface area contributed by atoms with Gasteiger partial charge in [-0.2, -0.15) is 9.97 Å². The quantitative estimate of drug-likeness (QED) is 0.249. The molecule has 11 heteroatoms. The van der Waals surface area contributed by atoms with Gasteiger partial charge in [0.25, 0.3) is 0 Å². The summed E-state index contributed by atoms with van der Waals surface area (Å²) in [6, 6.07) is 7.99. The van der Waals surface area contributed by atoms with Crippen LogP contribution >= 0.6 is 0 Å². The summed E-state index contributed by atoms with van der Waals surface area (Å²) < 4.78 is 72.9. The molecule has 0 bridgehead atoms. The number of phenols is 1. The number of nitrogens with zero attached hydrogens (tertiary/aromatic N) is 4. The van der Waals surface area contributed by atoms with E-state index in [1.807, 2.05) is 0 Å². The lowest BCUT2D eigenvalue weighted by molar-refractivity contribution is -0.0146. The molecule has 0 aliphatic carbocycles. The Labute approximate surface area is 257 Å². The van der Waals surface area contributed by atoms with Crippen LogP contribution in [-0.2, 0) is 4.74 Å². The number of phenolic OH excluding ortho intramolecular Hbond substituents is 1. The summed E-state index contributed by atoms with van der Waals surface area (Å²) in [5.41, 5.74) is -0.658. The van der Waals surface area contributed by atoms with Crippen molar-refractivity contribution in [2.45, 2.75) is 62.3 Å². The molecule has 0 amide bonds. The van der Waals surface area contributed by atoms with Gasteiger partial charge in [0.05, 0.1) is 11.1 Å². The number of hydrogen-bond acceptors (Lipinski definition) is 7. The molecule has 4 fully saturated rings. The van der Waals surface area contributed by atoms with Crippen LogP contribution < -0.4 is 9.64 Å². The third kappa shape index (κ3) is 4.77. The molecule has 0 radical (unpaired) electrons. The van der Waals surface area contributed by atoms with Crippen molar-refractivity contribution < 1.29 is 32.1 Å². The van der Waals surface area contributed by atoms with Crippen molar-refractivity contribution in [3.63, 3.8) is 0 Å². The first-order valence-electron chi connectivity index (χ1n) is 15.8. The lowest BCUT2D eigenvalue weighted by Crippen LogP contribution is -2.44. The molecular weight excluding hydrogens is 588 g/mol. The van der Waals surface area contributed by atoms with Crippen molar-refractivity contribution in [2.24, 2.45) is 0 Å². The summed E-state index contributed by atoms with van der Waals surface area (Å²) in [4.78, 5) is 13.5. The molecular formula is C34H34F4N4O3. The van der Waals surface area contributed by atoms with E-state index in [0.29, 0.717) is 37.3 Å². The SMILES string of the molecule is Oc1cc(-c2ccc3c(N4CCC5(CCCO5)CC4)nc(OC[C@@]45CCCN4C[C@H](F)C5)nc3c2F)c2c(F)c(F)ccc2c1. The zero-order valence-corrected chi connectivity index (χ0v) is 24.8. The van der Waals surface area contributed by atoms with Gasteiger partial charge in [-0.15, -0.1) is 0 Å². The second-order valence-corrected chi connectivity index (χ2v) is 13.1. The average molecular weight is 623 g/mol. The zero-order valence-electron chi connectivity index (χ0n) is 24.8. The average Bonchev–Trinajstić information content (AvgIpc) is 3.72. The van der Waals surface area contributed by atoms with E-state index >= 15 is 8.78 Å². The topological polar surface area (TPSA) is 71.0 Å². The summed E-state index contributed by atoms with van der Waals surface area (Å²) in [6.07, 6.45) is 4.86. The molecule has 8 rings (SSSR count). The predicted octanol–water partition coefficient (Wildman–Crippen LogP) is 6.68. The molecule has 1 spiro atoms. The van der Waals surface area contributed by atoms with Crippen molar-refractivity contribution in [2.75, 3.05) is 44.3 Å². The number of hydrogen-bond donors (Lipinski definition) is 1. The van der Waals surface area contributed by atoms with Gasteiger partial charge in [0.1, 0.15) is 29.9 Å². The Morgan fingerprint density at radius 1 is 0.933 bits per heavy atom. The number of piperidine rings is 1. The van der Waals surface area contributed by atoms with Crippen LogP contribution in [-0.4, -0.2) is 76.7 Å². The molecule has 236 valence electrons. The Morgan fingerprint density at radius 3 is 2.58 bits per heavy atom. The number of aromatic hydroxyl groups is 1. The molecule has 4 aliphatic heterocycles. The van der Waals surface area contributed by atoms with E-state index in [4.69, 9.17) is 14.5 Å². The molecule has 4 saturated heterocycles. The van der Waals surface area contributed by atoms with Crippen molar-refractivity contribution in [3.8, 4) is 22.9 Å². The Bertz CT molecular complexity index is 1810. The van der Waals surface area contributed by atoms with E-state index in [0.717, 1.165) is 57.7 Å². The number of aromatic nitrogens is 2. The highest BCUT2D eigenvalue weighted by molar-refractivity contribution is 6.01. The summed E-state index contributed by atoms with van der Waals surface area (Å²) >= 11 is 0. The van der Waals surface area contributed by atoms with Crippen LogP contribution in [0.3, 0.4) is 0 Å². The van der Waals surface area contributed by atoms with Crippen LogP contribution in [0.15, 0.2) is 36.4 Å². The minimum absolute atomic E-state index is 0.00255. The van der Waals surface area contributed by atoms with Crippen molar-refractivity contribution >= 4 is 27.5 Å². The summed E-state index contributed by atoms with van der Waals surface area (Å²) in [7, 11) is 0. The van der Waals surface area contributed by atoms with Gasteiger partial charge in [0, 0.05) is 49.0 Å². The summed E-state index contributed by atoms with van der Waals surface area (Å²) in [5, 5.41) is 11.0. The monoisotopic (exact) mass is 622 g/mol. The third-order valence-electron chi connectivity index (χ3n) is 10.4. The van der Waals surface area contributed by atoms with E-state index in [1.54, 1.807) is 6.07 Å². The largest absolute Gasteiger partial charge is 0.508 e. The first-order chi connectivity index (χ1) is 21.7. The molecule has 4 aliphatic rings. The maximum Gasteiger partial charge on any atom is 0.319 e. The molecule has 45 heavy (non-hydrogen) atoms. The smallest absolute Gasteiger partial charge is 0.319 e. The Kier molecular flexibility index (Phi) is 6.83. The maximum atomic E-state index is 16.7. The van der Waals surface area contributed by atoms with E-state index in [2.05, 4.69) is 14.8 Å². The summed E-state index contributed by atoms with van der Waals surface area (Å²) in [6.45, 7) is 3.42. The second kappa shape index (κ2) is 10.7. The zero-order chi connectivity index (χ0) is 30.9. The highest BCUT2D eigenvalue weighted by Crippen LogP contribution is 2.43. The molecule has 1 aromatic heterocycles. The lowest BCUT2D eigenvalue weighted by atomic mass is 9.88. The fraction of sp³-hybridized carbons (Fsp3) is 0.471. The third-order valence-corrected chi connectivity index (χ3v) is 10.4. The maximum absolute atomic E-state index is 16.7. The summed E-state index contributed by atoms with van der Waals surface area (Å²) in [5.74, 6) is -2.67. The van der Waals surface area contributed by atoms with Crippen LogP contribution in [0.1, 0.15) is 44.9 Å². The van der Waals surface area contributed by atoms with Gasteiger partial charge in [-0.05, 0) is 80.3 Å². The molecule has 7 nitrogen and oxygen atoms in total. The van der Waals surface area contributed by atoms with Gasteiger partial charge in [0.2, 0.25) is 0 Å². The highest BCUT2D eigenvalue weighted by atomic mass is 19.2. The van der Waals surface area contributed by atoms with Crippen molar-refractivity contribution in [1.29, 1.82) is 0 Å². The molecule has 0 saturated carbocycles. The van der Waals surface area contributed by atoms with Crippen LogP contribution in [0, 0.1) is 17.5 Å². The Hall–Kier alpha value is -3.70. The lowest BCUT2D eigenvalue weighted by Gasteiger charge is -2.39. The number of anilines is 1. The molecule has 1 N–H and O–H groups in total. The fourth-order valence-corrected chi connectivity index (χ4v) is 8.16. The van der Waals surface area contributed by atoms with Gasteiger partial charge in [-0.3, -0.25) is 4.90 Å². The number of ether oxygens (including phenoxy) is 2. The van der Waals surface area contributed by atoms with Crippen LogP contribution in [0.25, 0.3) is 32.8 Å². The molecule has 0 unspecified atom stereocenters. The number of rotatable bonds is 5. The standard InChI is InChI=1S/C34H34F4N4O3/c35-21-17-33(7-1-11-42(33)18-21)19-44-32-39-30-24(31(40-32)41-12-9-34(10-13-41)8-2-14-45-34)5-4-23(28(30)37)25-16-22(43)15-20-3-6-26(36)29(38)27(20)25/h3-6,15-16,21,43H,1-2,7-14,17-19H2/t21-,33+/m1/s1. The molecule has 3 aromatic carbocycles. The minimum atomic E-state index is -1.13. The van der Waals surface area contributed by atoms with Crippen LogP contribution in [0.4, 0.5) is 23.4 Å².